The minimum absolute atomic E-state index is 0.232. The van der Waals surface area contributed by atoms with E-state index in [0.29, 0.717) is 39.8 Å². The van der Waals surface area contributed by atoms with Gasteiger partial charge in [0.15, 0.2) is 5.65 Å². The quantitative estimate of drug-likeness (QED) is 0.543. The molecule has 0 atom stereocenters. The summed E-state index contributed by atoms with van der Waals surface area (Å²) in [6.45, 7) is 2.14. The number of nitrogens with zero attached hydrogens (tertiary/aromatic N) is 4. The normalized spacial score (nSPS) is 11.2. The fraction of sp³-hybridized carbons (Fsp3) is 0.111. The third-order valence-electron chi connectivity index (χ3n) is 4.12. The Morgan fingerprint density at radius 3 is 2.77 bits per heavy atom. The van der Waals surface area contributed by atoms with Gasteiger partial charge in [0.2, 0.25) is 0 Å². The molecule has 0 aliphatic rings. The molecule has 7 nitrogen and oxygen atoms in total. The predicted octanol–water partition coefficient (Wildman–Crippen LogP) is 2.77. The molecule has 0 aliphatic carbocycles. The van der Waals surface area contributed by atoms with E-state index in [1.807, 2.05) is 0 Å². The zero-order valence-corrected chi connectivity index (χ0v) is 14.7. The second-order valence-corrected chi connectivity index (χ2v) is 6.35. The van der Waals surface area contributed by atoms with Crippen LogP contribution in [0.15, 0.2) is 47.5 Å². The van der Waals surface area contributed by atoms with E-state index in [4.69, 9.17) is 17.3 Å². The van der Waals surface area contributed by atoms with Gasteiger partial charge < -0.3 is 10.7 Å². The number of benzene rings is 1. The number of nitrogens with two attached hydrogens (primary N) is 1. The van der Waals surface area contributed by atoms with Crippen molar-refractivity contribution in [1.29, 1.82) is 0 Å². The van der Waals surface area contributed by atoms with E-state index in [-0.39, 0.29) is 5.56 Å². The van der Waals surface area contributed by atoms with Gasteiger partial charge in [-0.15, -0.1) is 0 Å². The smallest absolute Gasteiger partial charge is 0.262 e. The lowest BCUT2D eigenvalue weighted by molar-refractivity contribution is 0.696. The van der Waals surface area contributed by atoms with Gasteiger partial charge in [-0.1, -0.05) is 11.6 Å². The number of fused-ring (bicyclic) bond motifs is 1. The zero-order valence-electron chi connectivity index (χ0n) is 13.9. The predicted molar refractivity (Wildman–Crippen MR) is 101 cm³/mol. The van der Waals surface area contributed by atoms with Crippen LogP contribution >= 0.6 is 11.6 Å². The third kappa shape index (κ3) is 2.82. The van der Waals surface area contributed by atoms with E-state index < -0.39 is 0 Å². The first-order valence-electron chi connectivity index (χ1n) is 7.94. The van der Waals surface area contributed by atoms with E-state index >= 15 is 0 Å². The standard InChI is InChI=1S/C18H15ClN6O/c1-10-15-17(22-16(23-18(15)26)11-4-6-21-7-5-11)25(24-10)9-12-8-13(20)2-3-14(12)19/h2-8H,9,20H2,1H3,(H,22,23,26). The molecule has 0 aliphatic heterocycles. The minimum Gasteiger partial charge on any atom is -0.399 e. The van der Waals surface area contributed by atoms with Crippen LogP contribution in [-0.2, 0) is 6.54 Å². The van der Waals surface area contributed by atoms with Crippen LogP contribution in [0.5, 0.6) is 0 Å². The molecule has 3 N–H and O–H groups in total. The number of aryl methyl sites for hydroxylation is 1. The van der Waals surface area contributed by atoms with Crippen LogP contribution in [0.4, 0.5) is 5.69 Å². The number of hydrogen-bond acceptors (Lipinski definition) is 5. The SMILES string of the molecule is Cc1nn(Cc2cc(N)ccc2Cl)c2nc(-c3ccncc3)[nH]c(=O)c12. The molecule has 0 radical (unpaired) electrons. The number of nitrogens with one attached hydrogen (secondary N) is 1. The summed E-state index contributed by atoms with van der Waals surface area (Å²) in [5.41, 5.74) is 8.92. The van der Waals surface area contributed by atoms with Crippen LogP contribution in [0.1, 0.15) is 11.3 Å². The Morgan fingerprint density at radius 1 is 1.23 bits per heavy atom. The van der Waals surface area contributed by atoms with Gasteiger partial charge >= 0.3 is 0 Å². The van der Waals surface area contributed by atoms with Gasteiger partial charge in [0.05, 0.1) is 12.2 Å². The van der Waals surface area contributed by atoms with Crippen molar-refractivity contribution in [3.8, 4) is 11.4 Å². The lowest BCUT2D eigenvalue weighted by Crippen LogP contribution is -2.11. The summed E-state index contributed by atoms with van der Waals surface area (Å²) in [5, 5.41) is 5.52. The number of halogens is 1. The first-order valence-corrected chi connectivity index (χ1v) is 8.32. The van der Waals surface area contributed by atoms with Crippen LogP contribution in [0.3, 0.4) is 0 Å². The first kappa shape index (κ1) is 16.3. The molecular weight excluding hydrogens is 352 g/mol. The van der Waals surface area contributed by atoms with E-state index in [2.05, 4.69) is 20.1 Å². The lowest BCUT2D eigenvalue weighted by atomic mass is 10.2. The molecule has 1 aromatic carbocycles. The highest BCUT2D eigenvalue weighted by molar-refractivity contribution is 6.31. The molecule has 0 saturated heterocycles. The van der Waals surface area contributed by atoms with Gasteiger partial charge in [0.25, 0.3) is 5.56 Å². The highest BCUT2D eigenvalue weighted by atomic mass is 35.5. The van der Waals surface area contributed by atoms with Crippen LogP contribution < -0.4 is 11.3 Å². The van der Waals surface area contributed by atoms with Crippen molar-refractivity contribution in [3.05, 3.63) is 69.4 Å². The molecule has 8 heteroatoms. The molecule has 3 aromatic heterocycles. The Labute approximate surface area is 153 Å². The molecule has 26 heavy (non-hydrogen) atoms. The summed E-state index contributed by atoms with van der Waals surface area (Å²) in [4.78, 5) is 24.0. The Morgan fingerprint density at radius 2 is 2.00 bits per heavy atom. The molecule has 4 aromatic rings. The first-order chi connectivity index (χ1) is 12.5. The summed E-state index contributed by atoms with van der Waals surface area (Å²) in [6.07, 6.45) is 3.29. The maximum Gasteiger partial charge on any atom is 0.262 e. The summed E-state index contributed by atoms with van der Waals surface area (Å²) in [5.74, 6) is 0.463. The average Bonchev–Trinajstić information content (AvgIpc) is 2.95. The fourth-order valence-electron chi connectivity index (χ4n) is 2.89. The van der Waals surface area contributed by atoms with Crippen LogP contribution in [0.25, 0.3) is 22.4 Å². The second kappa shape index (κ2) is 6.27. The minimum atomic E-state index is -0.232. The molecule has 0 fully saturated rings. The summed E-state index contributed by atoms with van der Waals surface area (Å²) in [6, 6.07) is 8.84. The number of H-pyrrole nitrogens is 1. The van der Waals surface area contributed by atoms with Gasteiger partial charge in [-0.2, -0.15) is 5.10 Å². The van der Waals surface area contributed by atoms with Crippen molar-refractivity contribution in [1.82, 2.24) is 24.7 Å². The Hall–Kier alpha value is -3.19. The highest BCUT2D eigenvalue weighted by Gasteiger charge is 2.16. The largest absolute Gasteiger partial charge is 0.399 e. The molecule has 0 saturated carbocycles. The van der Waals surface area contributed by atoms with Crippen LogP contribution in [0.2, 0.25) is 5.02 Å². The maximum atomic E-state index is 12.6. The van der Waals surface area contributed by atoms with Gasteiger partial charge in [-0.3, -0.25) is 9.78 Å². The highest BCUT2D eigenvalue weighted by Crippen LogP contribution is 2.22. The van der Waals surface area contributed by atoms with Gasteiger partial charge in [0.1, 0.15) is 11.2 Å². The average molecular weight is 367 g/mol. The van der Waals surface area contributed by atoms with E-state index in [1.54, 1.807) is 54.3 Å². The van der Waals surface area contributed by atoms with Crippen molar-refractivity contribution in [2.75, 3.05) is 5.73 Å². The zero-order chi connectivity index (χ0) is 18.3. The Bertz CT molecular complexity index is 1170. The molecule has 4 rings (SSSR count). The number of hydrogen-bond donors (Lipinski definition) is 2. The van der Waals surface area contributed by atoms with E-state index in [9.17, 15) is 4.79 Å². The molecule has 0 unspecified atom stereocenters. The molecule has 0 bridgehead atoms. The number of pyridine rings is 1. The lowest BCUT2D eigenvalue weighted by Gasteiger charge is -2.07. The molecule has 0 spiro atoms. The van der Waals surface area contributed by atoms with Crippen molar-refractivity contribution < 1.29 is 0 Å². The van der Waals surface area contributed by atoms with Crippen LogP contribution in [-0.4, -0.2) is 24.7 Å². The third-order valence-corrected chi connectivity index (χ3v) is 4.49. The Kier molecular flexibility index (Phi) is 3.93. The van der Waals surface area contributed by atoms with Gasteiger partial charge in [0, 0.05) is 28.7 Å². The fourth-order valence-corrected chi connectivity index (χ4v) is 3.06. The molecular formula is C18H15ClN6O. The number of rotatable bonds is 3. The number of anilines is 1. The summed E-state index contributed by atoms with van der Waals surface area (Å²) >= 11 is 6.27. The number of aromatic nitrogens is 5. The maximum absolute atomic E-state index is 12.6. The second-order valence-electron chi connectivity index (χ2n) is 5.94. The summed E-state index contributed by atoms with van der Waals surface area (Å²) in [7, 11) is 0. The number of nitrogen functional groups attached to an aromatic ring is 1. The van der Waals surface area contributed by atoms with Crippen molar-refractivity contribution in [2.24, 2.45) is 0 Å². The van der Waals surface area contributed by atoms with Gasteiger partial charge in [-0.05, 0) is 42.8 Å². The molecule has 0 amide bonds. The Balaban J connectivity index is 1.89. The van der Waals surface area contributed by atoms with E-state index in [1.165, 1.54) is 0 Å². The van der Waals surface area contributed by atoms with Crippen molar-refractivity contribution in [3.63, 3.8) is 0 Å². The van der Waals surface area contributed by atoms with Crippen molar-refractivity contribution in [2.45, 2.75) is 13.5 Å². The van der Waals surface area contributed by atoms with Crippen LogP contribution in [0, 0.1) is 6.92 Å². The number of aromatic amines is 1. The van der Waals surface area contributed by atoms with Crippen molar-refractivity contribution >= 4 is 28.3 Å². The molecule has 3 heterocycles. The monoisotopic (exact) mass is 366 g/mol. The van der Waals surface area contributed by atoms with E-state index in [0.717, 1.165) is 11.1 Å². The van der Waals surface area contributed by atoms with Gasteiger partial charge in [-0.25, -0.2) is 9.67 Å². The summed E-state index contributed by atoms with van der Waals surface area (Å²) < 4.78 is 1.67. The molecule has 130 valence electrons. The topological polar surface area (TPSA) is 102 Å².